The number of fused-ring (bicyclic) bond motifs is 2. The Labute approximate surface area is 178 Å². The van der Waals surface area contributed by atoms with Crippen LogP contribution in [0.2, 0.25) is 13.1 Å². The molecule has 4 rings (SSSR count). The quantitative estimate of drug-likeness (QED) is 0.217. The third-order valence-corrected chi connectivity index (χ3v) is 3.10. The second-order valence-corrected chi connectivity index (χ2v) is 5.81. The second kappa shape index (κ2) is 14.7. The van der Waals surface area contributed by atoms with Gasteiger partial charge >= 0.3 is 25.8 Å². The maximum atomic E-state index is 2.15. The molecule has 122 valence electrons. The van der Waals surface area contributed by atoms with E-state index in [1.54, 1.807) is 0 Å². The van der Waals surface area contributed by atoms with E-state index in [0.717, 1.165) is 9.52 Å². The SMILES string of the molecule is C[Si]C.[Cl-].[Cl-].[Hf+4].c1ccc2[cH-]ccc2c1.c1ccc2[cH-]ccc2c1. The number of benzene rings is 2. The third kappa shape index (κ3) is 7.93. The molecule has 0 heterocycles. The zero-order valence-electron chi connectivity index (χ0n) is 13.8. The monoisotopic (exact) mass is 538 g/mol. The van der Waals surface area contributed by atoms with Gasteiger partial charge in [0.1, 0.15) is 0 Å². The Balaban J connectivity index is 0. The van der Waals surface area contributed by atoms with E-state index < -0.39 is 0 Å². The summed E-state index contributed by atoms with van der Waals surface area (Å²) in [5, 5.41) is 5.32. The number of rotatable bonds is 0. The van der Waals surface area contributed by atoms with Crippen LogP contribution in [0.5, 0.6) is 0 Å². The van der Waals surface area contributed by atoms with Crippen LogP contribution in [0.15, 0.2) is 84.9 Å². The normalized spacial score (nSPS) is 8.42. The summed E-state index contributed by atoms with van der Waals surface area (Å²) in [4.78, 5) is 0. The van der Waals surface area contributed by atoms with Gasteiger partial charge in [-0.1, -0.05) is 25.2 Å². The number of hydrogen-bond donors (Lipinski definition) is 0. The molecule has 0 aliphatic carbocycles. The molecule has 24 heavy (non-hydrogen) atoms. The molecule has 4 aromatic carbocycles. The summed E-state index contributed by atoms with van der Waals surface area (Å²) in [5.74, 6) is 0. The second-order valence-electron chi connectivity index (χ2n) is 4.81. The molecule has 0 unspecified atom stereocenters. The summed E-state index contributed by atoms with van der Waals surface area (Å²) in [6, 6.07) is 29.3. The van der Waals surface area contributed by atoms with Crippen molar-refractivity contribution in [1.29, 1.82) is 0 Å². The molecule has 0 N–H and O–H groups in total. The Morgan fingerprint density at radius 2 is 0.958 bits per heavy atom. The zero-order chi connectivity index (χ0) is 14.9. The minimum Gasteiger partial charge on any atom is -1.00 e. The van der Waals surface area contributed by atoms with Gasteiger partial charge in [0.15, 0.2) is 0 Å². The van der Waals surface area contributed by atoms with E-state index in [9.17, 15) is 0 Å². The zero-order valence-corrected chi connectivity index (χ0v) is 19.9. The van der Waals surface area contributed by atoms with E-state index in [2.05, 4.69) is 98.0 Å². The first-order chi connectivity index (χ1) is 10.3. The molecular formula is C20H20Cl2HfSi. The first kappa shape index (κ1) is 25.6. The predicted molar refractivity (Wildman–Crippen MR) is 96.6 cm³/mol. The molecule has 0 saturated carbocycles. The molecule has 0 bridgehead atoms. The fraction of sp³-hybridized carbons (Fsp3) is 0.100. The van der Waals surface area contributed by atoms with Crippen molar-refractivity contribution in [1.82, 2.24) is 0 Å². The molecule has 4 heteroatoms. The van der Waals surface area contributed by atoms with Crippen molar-refractivity contribution in [3.05, 3.63) is 84.9 Å². The third-order valence-electron chi connectivity index (χ3n) is 3.10. The average Bonchev–Trinajstić information content (AvgIpc) is 3.17. The van der Waals surface area contributed by atoms with Crippen molar-refractivity contribution in [3.63, 3.8) is 0 Å². The molecular weight excluding hydrogens is 518 g/mol. The Bertz CT molecular complexity index is 651. The van der Waals surface area contributed by atoms with Crippen LogP contribution in [0.3, 0.4) is 0 Å². The van der Waals surface area contributed by atoms with Crippen molar-refractivity contribution in [3.8, 4) is 0 Å². The van der Waals surface area contributed by atoms with Gasteiger partial charge in [-0.3, -0.25) is 0 Å². The van der Waals surface area contributed by atoms with Crippen molar-refractivity contribution in [2.24, 2.45) is 0 Å². The molecule has 2 radical (unpaired) electrons. The fourth-order valence-corrected chi connectivity index (χ4v) is 2.14. The topological polar surface area (TPSA) is 0 Å². The predicted octanol–water partition coefficient (Wildman–Crippen LogP) is -0.0903. The van der Waals surface area contributed by atoms with E-state index in [0.29, 0.717) is 0 Å². The maximum Gasteiger partial charge on any atom is 4.00 e. The summed E-state index contributed by atoms with van der Waals surface area (Å²) in [7, 11) is 1.08. The van der Waals surface area contributed by atoms with Crippen LogP contribution in [0.1, 0.15) is 0 Å². The Morgan fingerprint density at radius 3 is 1.29 bits per heavy atom. The van der Waals surface area contributed by atoms with E-state index in [1.807, 2.05) is 0 Å². The molecule has 4 aromatic rings. The van der Waals surface area contributed by atoms with E-state index in [1.165, 1.54) is 21.5 Å². The van der Waals surface area contributed by atoms with Gasteiger partial charge in [0.25, 0.3) is 0 Å². The Hall–Kier alpha value is -0.673. The summed E-state index contributed by atoms with van der Waals surface area (Å²) in [5.41, 5.74) is 0. The standard InChI is InChI=1S/2C9H7.C2H6Si.2ClH.Hf/c2*1-2-5-9-7-3-6-8(9)4-1;1-3-2;;;/h2*1-7H;1-2H3;2*1H;/q2*-1;;;;+4/p-2. The van der Waals surface area contributed by atoms with Gasteiger partial charge < -0.3 is 24.8 Å². The fourth-order valence-electron chi connectivity index (χ4n) is 2.14. The van der Waals surface area contributed by atoms with Gasteiger partial charge in [-0.2, -0.15) is 35.0 Å². The van der Waals surface area contributed by atoms with Crippen LogP contribution in [0, 0.1) is 0 Å². The average molecular weight is 538 g/mol. The van der Waals surface area contributed by atoms with E-state index in [-0.39, 0.29) is 50.7 Å². The smallest absolute Gasteiger partial charge is 1.00 e. The van der Waals surface area contributed by atoms with Crippen LogP contribution >= 0.6 is 0 Å². The molecule has 0 aliphatic rings. The largest absolute Gasteiger partial charge is 4.00 e. The van der Waals surface area contributed by atoms with Crippen molar-refractivity contribution in [2.75, 3.05) is 0 Å². The Kier molecular flexibility index (Phi) is 15.6. The minimum absolute atomic E-state index is 0. The summed E-state index contributed by atoms with van der Waals surface area (Å²) < 4.78 is 0. The van der Waals surface area contributed by atoms with Crippen molar-refractivity contribution >= 4 is 31.1 Å². The first-order valence-electron chi connectivity index (χ1n) is 7.14. The summed E-state index contributed by atoms with van der Waals surface area (Å²) in [6.45, 7) is 4.31. The molecule has 0 spiro atoms. The molecule has 0 saturated heterocycles. The maximum absolute atomic E-state index is 2.15. The van der Waals surface area contributed by atoms with Gasteiger partial charge in [-0.25, -0.2) is 0 Å². The van der Waals surface area contributed by atoms with E-state index in [4.69, 9.17) is 0 Å². The van der Waals surface area contributed by atoms with Gasteiger partial charge in [-0.15, -0.1) is 59.3 Å². The van der Waals surface area contributed by atoms with Crippen LogP contribution < -0.4 is 24.8 Å². The molecule has 0 atom stereocenters. The van der Waals surface area contributed by atoms with Crippen LogP contribution in [-0.2, 0) is 25.8 Å². The molecule has 0 aliphatic heterocycles. The number of halogens is 2. The van der Waals surface area contributed by atoms with Gasteiger partial charge in [0.2, 0.25) is 0 Å². The minimum atomic E-state index is 0. The summed E-state index contributed by atoms with van der Waals surface area (Å²) in [6.07, 6.45) is 0. The van der Waals surface area contributed by atoms with Crippen molar-refractivity contribution < 1.29 is 50.7 Å². The van der Waals surface area contributed by atoms with Crippen LogP contribution in [0.25, 0.3) is 21.5 Å². The van der Waals surface area contributed by atoms with Gasteiger partial charge in [-0.05, 0) is 0 Å². The molecule has 0 nitrogen and oxygen atoms in total. The van der Waals surface area contributed by atoms with E-state index >= 15 is 0 Å². The van der Waals surface area contributed by atoms with Gasteiger partial charge in [0, 0.05) is 9.52 Å². The van der Waals surface area contributed by atoms with Crippen LogP contribution in [0.4, 0.5) is 0 Å². The first-order valence-corrected chi connectivity index (χ1v) is 9.14. The van der Waals surface area contributed by atoms with Gasteiger partial charge in [0.05, 0.1) is 0 Å². The molecule has 0 aromatic heterocycles. The molecule has 0 amide bonds. The van der Waals surface area contributed by atoms with Crippen molar-refractivity contribution in [2.45, 2.75) is 13.1 Å². The Morgan fingerprint density at radius 1 is 0.625 bits per heavy atom. The number of hydrogen-bond acceptors (Lipinski definition) is 0. The molecule has 0 fully saturated rings. The van der Waals surface area contributed by atoms with Crippen LogP contribution in [-0.4, -0.2) is 9.52 Å². The summed E-state index contributed by atoms with van der Waals surface area (Å²) >= 11 is 0.